The first kappa shape index (κ1) is 14.5. The average molecular weight is 293 g/mol. The van der Waals surface area contributed by atoms with Gasteiger partial charge in [0.2, 0.25) is 5.82 Å². The summed E-state index contributed by atoms with van der Waals surface area (Å²) in [7, 11) is 1.73. The standard InChI is InChI=1S/C14H17ClN4O/c1-4-12-16-13(18-17-12)14(20)19(3)9(2)10-6-5-7-11(15)8-10/h5-9H,4H2,1-3H3,(H,16,17,18). The number of H-pyrrole nitrogens is 1. The molecule has 0 saturated heterocycles. The molecular formula is C14H17ClN4O. The van der Waals surface area contributed by atoms with E-state index in [4.69, 9.17) is 11.6 Å². The van der Waals surface area contributed by atoms with Crippen LogP contribution in [0.4, 0.5) is 0 Å². The topological polar surface area (TPSA) is 61.9 Å². The van der Waals surface area contributed by atoms with Gasteiger partial charge in [-0.3, -0.25) is 9.89 Å². The second kappa shape index (κ2) is 6.05. The summed E-state index contributed by atoms with van der Waals surface area (Å²) in [6, 6.07) is 7.36. The number of benzene rings is 1. The van der Waals surface area contributed by atoms with E-state index in [0.717, 1.165) is 5.56 Å². The van der Waals surface area contributed by atoms with Gasteiger partial charge in [0.05, 0.1) is 6.04 Å². The van der Waals surface area contributed by atoms with E-state index in [1.165, 1.54) is 0 Å². The van der Waals surface area contributed by atoms with Crippen molar-refractivity contribution in [3.8, 4) is 0 Å². The maximum Gasteiger partial charge on any atom is 0.293 e. The lowest BCUT2D eigenvalue weighted by molar-refractivity contribution is 0.0730. The summed E-state index contributed by atoms with van der Waals surface area (Å²) in [5.74, 6) is 0.684. The molecule has 2 rings (SSSR count). The molecule has 20 heavy (non-hydrogen) atoms. The largest absolute Gasteiger partial charge is 0.332 e. The summed E-state index contributed by atoms with van der Waals surface area (Å²) < 4.78 is 0. The van der Waals surface area contributed by atoms with E-state index in [1.54, 1.807) is 11.9 Å². The SMILES string of the molecule is CCc1nc(C(=O)N(C)C(C)c2cccc(Cl)c2)n[nH]1. The summed E-state index contributed by atoms with van der Waals surface area (Å²) >= 11 is 5.98. The highest BCUT2D eigenvalue weighted by molar-refractivity contribution is 6.30. The fourth-order valence-electron chi connectivity index (χ4n) is 1.87. The average Bonchev–Trinajstić information content (AvgIpc) is 2.93. The summed E-state index contributed by atoms with van der Waals surface area (Å²) in [5.41, 5.74) is 0.972. The van der Waals surface area contributed by atoms with Crippen LogP contribution in [0.15, 0.2) is 24.3 Å². The van der Waals surface area contributed by atoms with Crippen molar-refractivity contribution in [1.82, 2.24) is 20.1 Å². The number of aromatic amines is 1. The zero-order valence-electron chi connectivity index (χ0n) is 11.7. The van der Waals surface area contributed by atoms with Crippen LogP contribution in [0.2, 0.25) is 5.02 Å². The van der Waals surface area contributed by atoms with Gasteiger partial charge in [0.15, 0.2) is 0 Å². The fraction of sp³-hybridized carbons (Fsp3) is 0.357. The van der Waals surface area contributed by atoms with E-state index in [9.17, 15) is 4.79 Å². The lowest BCUT2D eigenvalue weighted by Gasteiger charge is -2.24. The van der Waals surface area contributed by atoms with Crippen molar-refractivity contribution in [1.29, 1.82) is 0 Å². The molecule has 1 amide bonds. The molecule has 106 valence electrons. The molecule has 0 aliphatic carbocycles. The minimum Gasteiger partial charge on any atom is -0.332 e. The van der Waals surface area contributed by atoms with Crippen molar-refractivity contribution in [2.45, 2.75) is 26.3 Å². The van der Waals surface area contributed by atoms with Crippen LogP contribution in [0.3, 0.4) is 0 Å². The molecule has 0 aliphatic heterocycles. The molecular weight excluding hydrogens is 276 g/mol. The number of nitrogens with one attached hydrogen (secondary N) is 1. The van der Waals surface area contributed by atoms with Gasteiger partial charge in [-0.05, 0) is 24.6 Å². The molecule has 1 N–H and O–H groups in total. The highest BCUT2D eigenvalue weighted by Crippen LogP contribution is 2.22. The first-order valence-electron chi connectivity index (χ1n) is 6.46. The summed E-state index contributed by atoms with van der Waals surface area (Å²) in [6.07, 6.45) is 0.716. The van der Waals surface area contributed by atoms with Gasteiger partial charge in [0, 0.05) is 18.5 Å². The third-order valence-corrected chi connectivity index (χ3v) is 3.53. The smallest absolute Gasteiger partial charge is 0.293 e. The highest BCUT2D eigenvalue weighted by atomic mass is 35.5. The third kappa shape index (κ3) is 2.99. The fourth-order valence-corrected chi connectivity index (χ4v) is 2.07. The number of hydrogen-bond donors (Lipinski definition) is 1. The molecule has 1 heterocycles. The molecule has 0 bridgehead atoms. The molecule has 0 radical (unpaired) electrons. The van der Waals surface area contributed by atoms with Crippen molar-refractivity contribution in [3.63, 3.8) is 0 Å². The van der Waals surface area contributed by atoms with Gasteiger partial charge in [0.25, 0.3) is 5.91 Å². The van der Waals surface area contributed by atoms with E-state index in [1.807, 2.05) is 38.1 Å². The van der Waals surface area contributed by atoms with Gasteiger partial charge < -0.3 is 4.90 Å². The van der Waals surface area contributed by atoms with Crippen LogP contribution in [0, 0.1) is 0 Å². The Labute approximate surface area is 123 Å². The Morgan fingerprint density at radius 3 is 2.85 bits per heavy atom. The lowest BCUT2D eigenvalue weighted by atomic mass is 10.1. The highest BCUT2D eigenvalue weighted by Gasteiger charge is 2.22. The van der Waals surface area contributed by atoms with Crippen LogP contribution in [0.25, 0.3) is 0 Å². The number of carbonyl (C=O) groups is 1. The van der Waals surface area contributed by atoms with Gasteiger partial charge in [0.1, 0.15) is 5.82 Å². The quantitative estimate of drug-likeness (QED) is 0.942. The zero-order chi connectivity index (χ0) is 14.7. The monoisotopic (exact) mass is 292 g/mol. The maximum absolute atomic E-state index is 12.3. The van der Waals surface area contributed by atoms with Crippen LogP contribution in [0.5, 0.6) is 0 Å². The zero-order valence-corrected chi connectivity index (χ0v) is 12.5. The van der Waals surface area contributed by atoms with E-state index < -0.39 is 0 Å². The summed E-state index contributed by atoms with van der Waals surface area (Å²) in [5, 5.41) is 7.35. The lowest BCUT2D eigenvalue weighted by Crippen LogP contribution is -2.30. The van der Waals surface area contributed by atoms with E-state index in [0.29, 0.717) is 17.3 Å². The van der Waals surface area contributed by atoms with Crippen molar-refractivity contribution in [2.75, 3.05) is 7.05 Å². The Bertz CT molecular complexity index is 611. The van der Waals surface area contributed by atoms with Crippen LogP contribution >= 0.6 is 11.6 Å². The molecule has 0 aliphatic rings. The Balaban J connectivity index is 2.17. The maximum atomic E-state index is 12.3. The Morgan fingerprint density at radius 1 is 1.50 bits per heavy atom. The van der Waals surface area contributed by atoms with Crippen molar-refractivity contribution in [2.24, 2.45) is 0 Å². The van der Waals surface area contributed by atoms with Crippen LogP contribution in [-0.4, -0.2) is 33.0 Å². The normalized spacial score (nSPS) is 12.2. The predicted octanol–water partition coefficient (Wildman–Crippen LogP) is 2.85. The molecule has 0 spiro atoms. The predicted molar refractivity (Wildman–Crippen MR) is 77.7 cm³/mol. The number of halogens is 1. The molecule has 2 aromatic rings. The minimum absolute atomic E-state index is 0.107. The van der Waals surface area contributed by atoms with E-state index in [-0.39, 0.29) is 17.8 Å². The van der Waals surface area contributed by atoms with E-state index in [2.05, 4.69) is 15.2 Å². The molecule has 5 nitrogen and oxygen atoms in total. The van der Waals surface area contributed by atoms with Gasteiger partial charge in [-0.2, -0.15) is 0 Å². The number of rotatable bonds is 4. The Hall–Kier alpha value is -1.88. The van der Waals surface area contributed by atoms with Gasteiger partial charge in [-0.25, -0.2) is 4.98 Å². The number of hydrogen-bond acceptors (Lipinski definition) is 3. The van der Waals surface area contributed by atoms with E-state index >= 15 is 0 Å². The second-order valence-electron chi connectivity index (χ2n) is 4.61. The molecule has 1 unspecified atom stereocenters. The number of aromatic nitrogens is 3. The van der Waals surface area contributed by atoms with Gasteiger partial charge in [-0.15, -0.1) is 5.10 Å². The molecule has 0 saturated carbocycles. The van der Waals surface area contributed by atoms with Crippen LogP contribution in [-0.2, 0) is 6.42 Å². The third-order valence-electron chi connectivity index (χ3n) is 3.29. The summed E-state index contributed by atoms with van der Waals surface area (Å²) in [4.78, 5) is 18.1. The van der Waals surface area contributed by atoms with Gasteiger partial charge >= 0.3 is 0 Å². The molecule has 0 fully saturated rings. The second-order valence-corrected chi connectivity index (χ2v) is 5.04. The van der Waals surface area contributed by atoms with Crippen molar-refractivity contribution >= 4 is 17.5 Å². The molecule has 1 aromatic heterocycles. The van der Waals surface area contributed by atoms with Gasteiger partial charge in [-0.1, -0.05) is 30.7 Å². The number of nitrogens with zero attached hydrogens (tertiary/aromatic N) is 3. The Kier molecular flexibility index (Phi) is 4.39. The van der Waals surface area contributed by atoms with Crippen molar-refractivity contribution in [3.05, 3.63) is 46.5 Å². The Morgan fingerprint density at radius 2 is 2.25 bits per heavy atom. The number of carbonyl (C=O) groups excluding carboxylic acids is 1. The number of amides is 1. The van der Waals surface area contributed by atoms with Crippen LogP contribution < -0.4 is 0 Å². The molecule has 1 atom stereocenters. The summed E-state index contributed by atoms with van der Waals surface area (Å²) in [6.45, 7) is 3.89. The van der Waals surface area contributed by atoms with Crippen molar-refractivity contribution < 1.29 is 4.79 Å². The first-order valence-corrected chi connectivity index (χ1v) is 6.84. The first-order chi connectivity index (χ1) is 9.52. The minimum atomic E-state index is -0.214. The van der Waals surface area contributed by atoms with Crippen LogP contribution in [0.1, 0.15) is 41.9 Å². The molecule has 6 heteroatoms. The number of aryl methyl sites for hydroxylation is 1. The molecule has 1 aromatic carbocycles.